The Balaban J connectivity index is 1.41. The molecule has 13 nitrogen and oxygen atoms in total. The van der Waals surface area contributed by atoms with E-state index in [2.05, 4.69) is 45.0 Å². The summed E-state index contributed by atoms with van der Waals surface area (Å²) in [5.41, 5.74) is 4.12. The number of benzene rings is 1. The van der Waals surface area contributed by atoms with Crippen LogP contribution in [0.15, 0.2) is 48.8 Å². The molecule has 0 amide bonds. The van der Waals surface area contributed by atoms with Crippen LogP contribution in [-0.2, 0) is 36.3 Å². The summed E-state index contributed by atoms with van der Waals surface area (Å²) in [6.07, 6.45) is 20.7. The maximum Gasteiger partial charge on any atom is 0.459 e. The molecule has 59 heavy (non-hydrogen) atoms. The Morgan fingerprint density at radius 1 is 1.03 bits per heavy atom. The molecule has 320 valence electrons. The number of para-hydroxylation sites is 1. The number of esters is 1. The molecule has 1 unspecified atom stereocenters. The largest absolute Gasteiger partial charge is 0.465 e. The van der Waals surface area contributed by atoms with Crippen LogP contribution in [-0.4, -0.2) is 68.7 Å². The number of hydrogen-bond acceptors (Lipinski definition) is 11. The lowest BCUT2D eigenvalue weighted by Crippen LogP contribution is -2.49. The molecule has 0 saturated heterocycles. The number of carbonyl (C=O) groups is 1. The van der Waals surface area contributed by atoms with Gasteiger partial charge < -0.3 is 29.4 Å². The first-order valence-corrected chi connectivity index (χ1v) is 21.9. The Morgan fingerprint density at radius 3 is 2.29 bits per heavy atom. The molecule has 2 aromatic carbocycles. The summed E-state index contributed by atoms with van der Waals surface area (Å²) < 4.78 is 67.2. The lowest BCUT2D eigenvalue weighted by atomic mass is 9.98. The zero-order valence-electron chi connectivity index (χ0n) is 34.0. The van der Waals surface area contributed by atoms with E-state index in [1.54, 1.807) is 18.2 Å². The third-order valence-electron chi connectivity index (χ3n) is 9.92. The van der Waals surface area contributed by atoms with Crippen molar-refractivity contribution < 1.29 is 41.8 Å². The van der Waals surface area contributed by atoms with Crippen molar-refractivity contribution in [3.63, 3.8) is 0 Å². The van der Waals surface area contributed by atoms with Crippen LogP contribution in [0.4, 0.5) is 14.6 Å². The molecule has 0 aliphatic carbocycles. The van der Waals surface area contributed by atoms with Crippen molar-refractivity contribution in [1.82, 2.24) is 24.6 Å². The molecule has 0 bridgehead atoms. The van der Waals surface area contributed by atoms with E-state index in [9.17, 15) is 23.2 Å². The average Bonchev–Trinajstić information content (AvgIpc) is 3.62. The molecular formula is C43H57F2N6O7P. The third-order valence-corrected chi connectivity index (χ3v) is 11.5. The lowest BCUT2D eigenvalue weighted by Gasteiger charge is -2.33. The number of halogens is 2. The molecule has 0 spiro atoms. The normalized spacial score (nSPS) is 14.4. The monoisotopic (exact) mass is 838 g/mol. The second kappa shape index (κ2) is 24.5. The molecule has 4 N–H and O–H groups in total. The highest BCUT2D eigenvalue weighted by Gasteiger charge is 2.43. The molecule has 2 aromatic heterocycles. The molecule has 4 rings (SSSR count). The molecule has 0 saturated carbocycles. The van der Waals surface area contributed by atoms with Gasteiger partial charge in [0, 0.05) is 25.2 Å². The fourth-order valence-corrected chi connectivity index (χ4v) is 8.02. The van der Waals surface area contributed by atoms with E-state index >= 15 is 0 Å². The first-order valence-electron chi connectivity index (χ1n) is 20.4. The highest BCUT2D eigenvalue weighted by atomic mass is 31.2. The number of aliphatic hydroxyl groups excluding tert-OH is 1. The SMILES string of the molecule is C#C[C@](COP(=O)(N[C@@H](Cc1c#ccc(F)c1)C(=O)OCCCCCCCCCCCCCCCC)Oc1ccccc1)(OC)[C@@H](O)Cn1cnc2c(N)nc(F)nc21. The van der Waals surface area contributed by atoms with Gasteiger partial charge in [-0.1, -0.05) is 127 Å². The topological polar surface area (TPSA) is 173 Å². The number of carbonyl (C=O) groups excluding carboxylic acids is 1. The Bertz CT molecular complexity index is 1970. The number of nitrogens with two attached hydrogens (primary N) is 1. The molecule has 0 aliphatic heterocycles. The molecule has 0 radical (unpaired) electrons. The van der Waals surface area contributed by atoms with Crippen LogP contribution in [0.5, 0.6) is 5.75 Å². The van der Waals surface area contributed by atoms with Crippen LogP contribution >= 0.6 is 7.75 Å². The fourth-order valence-electron chi connectivity index (χ4n) is 6.50. The number of nitrogen functional groups attached to an aromatic ring is 1. The van der Waals surface area contributed by atoms with Gasteiger partial charge in [0.2, 0.25) is 0 Å². The number of fused-ring (bicyclic) bond motifs is 1. The van der Waals surface area contributed by atoms with Crippen molar-refractivity contribution in [2.24, 2.45) is 0 Å². The first kappa shape index (κ1) is 47.1. The zero-order valence-corrected chi connectivity index (χ0v) is 34.9. The summed E-state index contributed by atoms with van der Waals surface area (Å²) in [5, 5.41) is 14.1. The van der Waals surface area contributed by atoms with Crippen LogP contribution < -0.4 is 15.3 Å². The molecular weight excluding hydrogens is 781 g/mol. The highest BCUT2D eigenvalue weighted by molar-refractivity contribution is 7.52. The van der Waals surface area contributed by atoms with Crippen LogP contribution in [0.1, 0.15) is 102 Å². The van der Waals surface area contributed by atoms with E-state index in [0.717, 1.165) is 25.3 Å². The van der Waals surface area contributed by atoms with Crippen molar-refractivity contribution in [3.05, 3.63) is 78.4 Å². The van der Waals surface area contributed by atoms with Gasteiger partial charge in [0.15, 0.2) is 17.1 Å². The first-order chi connectivity index (χ1) is 28.5. The van der Waals surface area contributed by atoms with Crippen LogP contribution in [0.3, 0.4) is 0 Å². The van der Waals surface area contributed by atoms with Gasteiger partial charge in [-0.15, -0.1) is 6.42 Å². The minimum atomic E-state index is -4.62. The quantitative estimate of drug-likeness (QED) is 0.0158. The van der Waals surface area contributed by atoms with Gasteiger partial charge in [0.25, 0.3) is 0 Å². The molecule has 0 aliphatic rings. The predicted octanol–water partition coefficient (Wildman–Crippen LogP) is 8.10. The van der Waals surface area contributed by atoms with Crippen molar-refractivity contribution in [2.45, 2.75) is 128 Å². The van der Waals surface area contributed by atoms with E-state index in [1.807, 2.05) is 0 Å². The van der Waals surface area contributed by atoms with Gasteiger partial charge in [0.05, 0.1) is 19.5 Å². The molecule has 16 heteroatoms. The maximum atomic E-state index is 14.7. The zero-order chi connectivity index (χ0) is 42.5. The Labute approximate surface area is 346 Å². The second-order valence-electron chi connectivity index (χ2n) is 14.5. The van der Waals surface area contributed by atoms with Gasteiger partial charge in [-0.3, -0.25) is 9.32 Å². The summed E-state index contributed by atoms with van der Waals surface area (Å²) in [6.45, 7) is 1.26. The molecule has 4 atom stereocenters. The lowest BCUT2D eigenvalue weighted by molar-refractivity contribution is -0.146. The van der Waals surface area contributed by atoms with E-state index < -0.39 is 50.0 Å². The number of methoxy groups -OCH3 is 1. The van der Waals surface area contributed by atoms with Crippen molar-refractivity contribution in [3.8, 4) is 18.1 Å². The van der Waals surface area contributed by atoms with Crippen LogP contribution in [0.2, 0.25) is 0 Å². The van der Waals surface area contributed by atoms with Gasteiger partial charge in [-0.05, 0) is 24.6 Å². The van der Waals surface area contributed by atoms with Crippen molar-refractivity contribution in [2.75, 3.05) is 26.1 Å². The number of rotatable bonds is 29. The fraction of sp³-hybridized carbons (Fsp3) is 0.535. The number of terminal acetylenes is 1. The number of imidazole rings is 1. The highest BCUT2D eigenvalue weighted by Crippen LogP contribution is 2.46. The minimum absolute atomic E-state index is 0.0152. The summed E-state index contributed by atoms with van der Waals surface area (Å²) in [5.74, 6) is 0.882. The van der Waals surface area contributed by atoms with Crippen LogP contribution in [0, 0.1) is 36.4 Å². The number of nitrogens with zero attached hydrogens (tertiary/aromatic N) is 4. The summed E-state index contributed by atoms with van der Waals surface area (Å²) in [7, 11) is -3.41. The number of aromatic nitrogens is 4. The number of hydrogen-bond donors (Lipinski definition) is 3. The predicted molar refractivity (Wildman–Crippen MR) is 221 cm³/mol. The van der Waals surface area contributed by atoms with Crippen molar-refractivity contribution >= 4 is 30.7 Å². The average molecular weight is 839 g/mol. The number of nitrogens with one attached hydrogen (secondary N) is 1. The van der Waals surface area contributed by atoms with Gasteiger partial charge >= 0.3 is 19.8 Å². The van der Waals surface area contributed by atoms with Gasteiger partial charge in [-0.2, -0.15) is 19.4 Å². The Morgan fingerprint density at radius 2 is 1.68 bits per heavy atom. The van der Waals surface area contributed by atoms with E-state index in [-0.39, 0.29) is 47.9 Å². The van der Waals surface area contributed by atoms with Crippen molar-refractivity contribution in [1.29, 1.82) is 0 Å². The second-order valence-corrected chi connectivity index (χ2v) is 16.2. The number of unbranched alkanes of at least 4 members (excludes halogenated alkanes) is 13. The van der Waals surface area contributed by atoms with Gasteiger partial charge in [0.1, 0.15) is 35.8 Å². The smallest absolute Gasteiger partial charge is 0.459 e. The minimum Gasteiger partial charge on any atom is -0.465 e. The number of ether oxygens (including phenoxy) is 2. The summed E-state index contributed by atoms with van der Waals surface area (Å²) in [4.78, 5) is 24.9. The summed E-state index contributed by atoms with van der Waals surface area (Å²) >= 11 is 0. The van der Waals surface area contributed by atoms with E-state index in [0.29, 0.717) is 6.42 Å². The molecule has 2 heterocycles. The third kappa shape index (κ3) is 15.2. The Kier molecular flexibility index (Phi) is 19.5. The Hall–Kier alpha value is -4.63. The van der Waals surface area contributed by atoms with E-state index in [1.165, 1.54) is 100 Å². The van der Waals surface area contributed by atoms with Crippen LogP contribution in [0.25, 0.3) is 11.2 Å². The summed E-state index contributed by atoms with van der Waals surface area (Å²) in [6, 6.07) is 14.2. The number of aliphatic hydroxyl groups is 1. The van der Waals surface area contributed by atoms with Gasteiger partial charge in [-0.25, -0.2) is 13.9 Å². The molecule has 4 aromatic rings. The maximum absolute atomic E-state index is 14.7. The standard InChI is InChI=1S/C43H57F2N6O7P/c1-4-6-7-8-9-10-11-12-13-14-15-16-17-21-27-56-41(53)36(29-33-23-22-24-34(44)28-33)50-59(54,58-35-25-19-18-20-26-35)57-31-43(5-2,55-3)37(52)30-51-32-47-38-39(46)48-42(45)49-40(38)51/h2,18-20,24-26,28,32,36-37,52H,4,6-17,21,27,29-31H2,1,3H3,(H,50,54)(H2,46,48,49)/t36-,37-,43+,59?/m0/s1. The molecule has 0 fully saturated rings. The van der Waals surface area contributed by atoms with E-state index in [4.69, 9.17) is 30.7 Å². The number of anilines is 1.